The van der Waals surface area contributed by atoms with E-state index in [0.29, 0.717) is 6.42 Å². The van der Waals surface area contributed by atoms with Crippen LogP contribution in [0.5, 0.6) is 0 Å². The molecular weight excluding hydrogens is 306 g/mol. The summed E-state index contributed by atoms with van der Waals surface area (Å²) in [5.41, 5.74) is 6.05. The molecule has 6 heteroatoms. The van der Waals surface area contributed by atoms with Gasteiger partial charge in [0.2, 0.25) is 17.7 Å². The van der Waals surface area contributed by atoms with E-state index < -0.39 is 11.9 Å². The van der Waals surface area contributed by atoms with Gasteiger partial charge in [-0.2, -0.15) is 0 Å². The van der Waals surface area contributed by atoms with Gasteiger partial charge in [-0.3, -0.25) is 14.4 Å². The van der Waals surface area contributed by atoms with E-state index in [1.54, 1.807) is 0 Å². The topological polar surface area (TPSA) is 101 Å². The summed E-state index contributed by atoms with van der Waals surface area (Å²) in [5, 5.41) is 5.55. The third-order valence-electron chi connectivity index (χ3n) is 4.31. The fourth-order valence-electron chi connectivity index (χ4n) is 2.97. The average molecular weight is 331 g/mol. The van der Waals surface area contributed by atoms with Gasteiger partial charge in [0.1, 0.15) is 6.04 Å². The normalized spacial score (nSPS) is 15.7. The summed E-state index contributed by atoms with van der Waals surface area (Å²) in [6.45, 7) is 0.179. The van der Waals surface area contributed by atoms with Crippen LogP contribution in [0.4, 0.5) is 0 Å². The number of carbonyl (C=O) groups excluding carboxylic acids is 3. The fourth-order valence-corrected chi connectivity index (χ4v) is 2.97. The molecule has 130 valence electrons. The number of carbonyl (C=O) groups is 3. The van der Waals surface area contributed by atoms with Crippen LogP contribution in [0.2, 0.25) is 0 Å². The first-order valence-corrected chi connectivity index (χ1v) is 8.46. The van der Waals surface area contributed by atoms with E-state index in [-0.39, 0.29) is 30.7 Å². The van der Waals surface area contributed by atoms with Crippen LogP contribution in [0.1, 0.15) is 37.7 Å². The standard InChI is InChI=1S/C18H25N3O3/c19-16(22)10-11-20-18(24)15(12-13-6-2-1-3-7-13)21-17(23)14-8-4-5-9-14/h1-3,6-7,14-15H,4-5,8-12H2,(H2,19,22)(H,20,24)(H,21,23)/t15-/m0/s1. The van der Waals surface area contributed by atoms with Crippen LogP contribution in [0, 0.1) is 5.92 Å². The lowest BCUT2D eigenvalue weighted by atomic mass is 10.0. The lowest BCUT2D eigenvalue weighted by Gasteiger charge is -2.20. The maximum absolute atomic E-state index is 12.4. The predicted octanol–water partition coefficient (Wildman–Crippen LogP) is 0.896. The second kappa shape index (κ2) is 9.05. The molecule has 6 nitrogen and oxygen atoms in total. The summed E-state index contributed by atoms with van der Waals surface area (Å²) in [5.74, 6) is -0.809. The molecule has 1 aromatic rings. The Labute approximate surface area is 142 Å². The highest BCUT2D eigenvalue weighted by Gasteiger charge is 2.27. The minimum Gasteiger partial charge on any atom is -0.370 e. The van der Waals surface area contributed by atoms with Crippen molar-refractivity contribution < 1.29 is 14.4 Å². The van der Waals surface area contributed by atoms with Gasteiger partial charge in [0.25, 0.3) is 0 Å². The van der Waals surface area contributed by atoms with Gasteiger partial charge in [0.05, 0.1) is 0 Å². The molecule has 0 unspecified atom stereocenters. The van der Waals surface area contributed by atoms with Crippen molar-refractivity contribution in [1.29, 1.82) is 0 Å². The number of amides is 3. The summed E-state index contributed by atoms with van der Waals surface area (Å²) in [4.78, 5) is 35.6. The van der Waals surface area contributed by atoms with Crippen molar-refractivity contribution in [3.8, 4) is 0 Å². The Hall–Kier alpha value is -2.37. The quantitative estimate of drug-likeness (QED) is 0.659. The van der Waals surface area contributed by atoms with Crippen LogP contribution >= 0.6 is 0 Å². The van der Waals surface area contributed by atoms with Crippen molar-refractivity contribution in [2.45, 2.75) is 44.6 Å². The number of benzene rings is 1. The average Bonchev–Trinajstić information content (AvgIpc) is 3.09. The molecule has 2 rings (SSSR count). The second-order valence-electron chi connectivity index (χ2n) is 6.24. The minimum absolute atomic E-state index is 0.00157. The van der Waals surface area contributed by atoms with Gasteiger partial charge in [-0.05, 0) is 18.4 Å². The molecule has 1 atom stereocenters. The number of nitrogens with one attached hydrogen (secondary N) is 2. The van der Waals surface area contributed by atoms with Crippen molar-refractivity contribution in [3.05, 3.63) is 35.9 Å². The summed E-state index contributed by atoms with van der Waals surface area (Å²) in [7, 11) is 0. The summed E-state index contributed by atoms with van der Waals surface area (Å²) in [6, 6.07) is 8.90. The third kappa shape index (κ3) is 5.68. The molecule has 0 radical (unpaired) electrons. The molecular formula is C18H25N3O3. The summed E-state index contributed by atoms with van der Waals surface area (Å²) in [6.07, 6.45) is 4.39. The maximum atomic E-state index is 12.4. The molecule has 1 fully saturated rings. The van der Waals surface area contributed by atoms with E-state index in [1.165, 1.54) is 0 Å². The number of hydrogen-bond acceptors (Lipinski definition) is 3. The molecule has 0 aliphatic heterocycles. The molecule has 0 heterocycles. The van der Waals surface area contributed by atoms with Gasteiger partial charge in [-0.1, -0.05) is 43.2 Å². The van der Waals surface area contributed by atoms with Crippen molar-refractivity contribution >= 4 is 17.7 Å². The first-order chi connectivity index (χ1) is 11.6. The highest BCUT2D eigenvalue weighted by molar-refractivity contribution is 5.89. The smallest absolute Gasteiger partial charge is 0.242 e. The molecule has 3 amide bonds. The molecule has 1 aliphatic rings. The van der Waals surface area contributed by atoms with E-state index in [1.807, 2.05) is 30.3 Å². The Balaban J connectivity index is 1.98. The number of rotatable bonds is 8. The van der Waals surface area contributed by atoms with Crippen LogP contribution in [0.25, 0.3) is 0 Å². The molecule has 1 aliphatic carbocycles. The summed E-state index contributed by atoms with van der Waals surface area (Å²) >= 11 is 0. The molecule has 0 spiro atoms. The Morgan fingerprint density at radius 3 is 2.42 bits per heavy atom. The monoisotopic (exact) mass is 331 g/mol. The van der Waals surface area contributed by atoms with Crippen LogP contribution in [0.3, 0.4) is 0 Å². The fraction of sp³-hybridized carbons (Fsp3) is 0.500. The Morgan fingerprint density at radius 2 is 1.79 bits per heavy atom. The van der Waals surface area contributed by atoms with E-state index in [0.717, 1.165) is 31.2 Å². The Bertz CT molecular complexity index is 568. The number of nitrogens with two attached hydrogens (primary N) is 1. The molecule has 24 heavy (non-hydrogen) atoms. The van der Waals surface area contributed by atoms with Gasteiger partial charge < -0.3 is 16.4 Å². The van der Waals surface area contributed by atoms with E-state index in [2.05, 4.69) is 10.6 Å². The molecule has 1 saturated carbocycles. The lowest BCUT2D eigenvalue weighted by molar-refractivity contribution is -0.131. The van der Waals surface area contributed by atoms with Crippen molar-refractivity contribution in [2.75, 3.05) is 6.54 Å². The maximum Gasteiger partial charge on any atom is 0.242 e. The van der Waals surface area contributed by atoms with Crippen LogP contribution in [-0.2, 0) is 20.8 Å². The zero-order valence-corrected chi connectivity index (χ0v) is 13.8. The Kier molecular flexibility index (Phi) is 6.78. The SMILES string of the molecule is NC(=O)CCNC(=O)[C@H](Cc1ccccc1)NC(=O)C1CCCC1. The van der Waals surface area contributed by atoms with Crippen molar-refractivity contribution in [1.82, 2.24) is 10.6 Å². The van der Waals surface area contributed by atoms with E-state index in [4.69, 9.17) is 5.73 Å². The molecule has 1 aromatic carbocycles. The predicted molar refractivity (Wildman–Crippen MR) is 90.9 cm³/mol. The molecule has 0 saturated heterocycles. The van der Waals surface area contributed by atoms with Gasteiger partial charge in [-0.25, -0.2) is 0 Å². The Morgan fingerprint density at radius 1 is 1.12 bits per heavy atom. The van der Waals surface area contributed by atoms with Gasteiger partial charge in [0.15, 0.2) is 0 Å². The van der Waals surface area contributed by atoms with Gasteiger partial charge in [-0.15, -0.1) is 0 Å². The highest BCUT2D eigenvalue weighted by atomic mass is 16.2. The van der Waals surface area contributed by atoms with Gasteiger partial charge >= 0.3 is 0 Å². The van der Waals surface area contributed by atoms with Crippen molar-refractivity contribution in [3.63, 3.8) is 0 Å². The number of hydrogen-bond donors (Lipinski definition) is 3. The zero-order chi connectivity index (χ0) is 17.4. The minimum atomic E-state index is -0.645. The first-order valence-electron chi connectivity index (χ1n) is 8.46. The zero-order valence-electron chi connectivity index (χ0n) is 13.8. The highest BCUT2D eigenvalue weighted by Crippen LogP contribution is 2.24. The third-order valence-corrected chi connectivity index (χ3v) is 4.31. The number of primary amides is 1. The molecule has 0 bridgehead atoms. The summed E-state index contributed by atoms with van der Waals surface area (Å²) < 4.78 is 0. The van der Waals surface area contributed by atoms with Crippen LogP contribution in [0.15, 0.2) is 30.3 Å². The largest absolute Gasteiger partial charge is 0.370 e. The van der Waals surface area contributed by atoms with E-state index >= 15 is 0 Å². The van der Waals surface area contributed by atoms with E-state index in [9.17, 15) is 14.4 Å². The lowest BCUT2D eigenvalue weighted by Crippen LogP contribution is -2.49. The molecule has 0 aromatic heterocycles. The van der Waals surface area contributed by atoms with Gasteiger partial charge in [0, 0.05) is 25.3 Å². The second-order valence-corrected chi connectivity index (χ2v) is 6.24. The molecule has 4 N–H and O–H groups in total. The first kappa shape index (κ1) is 18.0. The van der Waals surface area contributed by atoms with Crippen molar-refractivity contribution in [2.24, 2.45) is 11.7 Å². The van der Waals surface area contributed by atoms with Crippen LogP contribution in [-0.4, -0.2) is 30.3 Å². The van der Waals surface area contributed by atoms with Crippen LogP contribution < -0.4 is 16.4 Å².